The van der Waals surface area contributed by atoms with Crippen molar-refractivity contribution in [1.82, 2.24) is 0 Å². The molecular formula is C29H28F2N2O3. The molecule has 0 radical (unpaired) electrons. The van der Waals surface area contributed by atoms with Crippen LogP contribution >= 0.6 is 0 Å². The predicted molar refractivity (Wildman–Crippen MR) is 137 cm³/mol. The van der Waals surface area contributed by atoms with Crippen LogP contribution < -0.4 is 9.80 Å². The number of rotatable bonds is 7. The van der Waals surface area contributed by atoms with Gasteiger partial charge in [0.25, 0.3) is 11.7 Å². The summed E-state index contributed by atoms with van der Waals surface area (Å²) in [5.41, 5.74) is 2.28. The summed E-state index contributed by atoms with van der Waals surface area (Å²) >= 11 is 0. The van der Waals surface area contributed by atoms with Gasteiger partial charge < -0.3 is 10.0 Å². The van der Waals surface area contributed by atoms with Gasteiger partial charge >= 0.3 is 0 Å². The second-order valence-electron chi connectivity index (χ2n) is 8.58. The Kier molecular flexibility index (Phi) is 7.20. The summed E-state index contributed by atoms with van der Waals surface area (Å²) in [5.74, 6) is -3.97. The maximum absolute atomic E-state index is 14.8. The highest BCUT2D eigenvalue weighted by Crippen LogP contribution is 2.43. The maximum atomic E-state index is 14.8. The minimum Gasteiger partial charge on any atom is -0.507 e. The van der Waals surface area contributed by atoms with Crippen LogP contribution in [-0.4, -0.2) is 29.9 Å². The molecule has 1 fully saturated rings. The SMILES string of the molecule is CCc1ccc(/C(O)=C2\C(=O)C(=O)N(c3cc(F)ccc3F)C2c2ccc(N(CC)CC)cc2)cc1. The number of nitrogens with zero attached hydrogens (tertiary/aromatic N) is 2. The highest BCUT2D eigenvalue weighted by molar-refractivity contribution is 6.51. The molecule has 1 aliphatic heterocycles. The summed E-state index contributed by atoms with van der Waals surface area (Å²) in [6, 6.07) is 15.8. The number of aryl methyl sites for hydroxylation is 1. The van der Waals surface area contributed by atoms with E-state index in [1.807, 2.05) is 45.0 Å². The molecule has 1 heterocycles. The van der Waals surface area contributed by atoms with Crippen molar-refractivity contribution in [3.8, 4) is 0 Å². The topological polar surface area (TPSA) is 60.9 Å². The lowest BCUT2D eigenvalue weighted by atomic mass is 9.94. The van der Waals surface area contributed by atoms with E-state index in [1.54, 1.807) is 24.3 Å². The normalized spacial score (nSPS) is 17.0. The van der Waals surface area contributed by atoms with E-state index in [9.17, 15) is 23.5 Å². The Morgan fingerprint density at radius 3 is 2.14 bits per heavy atom. The first-order valence-electron chi connectivity index (χ1n) is 12.0. The fraction of sp³-hybridized carbons (Fsp3) is 0.241. The summed E-state index contributed by atoms with van der Waals surface area (Å²) in [7, 11) is 0. The number of Topliss-reactive ketones (excluding diaryl/α,β-unsaturated/α-hetero) is 1. The monoisotopic (exact) mass is 490 g/mol. The molecule has 36 heavy (non-hydrogen) atoms. The molecule has 1 unspecified atom stereocenters. The number of aliphatic hydroxyl groups excluding tert-OH is 1. The predicted octanol–water partition coefficient (Wildman–Crippen LogP) is 6.00. The fourth-order valence-electron chi connectivity index (χ4n) is 4.58. The van der Waals surface area contributed by atoms with Crippen LogP contribution in [0.2, 0.25) is 0 Å². The number of carbonyl (C=O) groups is 2. The number of benzene rings is 3. The molecule has 4 rings (SSSR count). The van der Waals surface area contributed by atoms with Gasteiger partial charge in [-0.15, -0.1) is 0 Å². The minimum atomic E-state index is -1.14. The summed E-state index contributed by atoms with van der Waals surface area (Å²) in [6.07, 6.45) is 0.795. The summed E-state index contributed by atoms with van der Waals surface area (Å²) < 4.78 is 29.0. The third-order valence-corrected chi connectivity index (χ3v) is 6.59. The number of aliphatic hydroxyl groups is 1. The molecule has 1 aliphatic rings. The van der Waals surface area contributed by atoms with Crippen molar-refractivity contribution in [2.45, 2.75) is 33.2 Å². The highest BCUT2D eigenvalue weighted by Gasteiger charge is 2.47. The third-order valence-electron chi connectivity index (χ3n) is 6.59. The van der Waals surface area contributed by atoms with E-state index in [0.29, 0.717) is 11.1 Å². The van der Waals surface area contributed by atoms with Crippen molar-refractivity contribution in [1.29, 1.82) is 0 Å². The lowest BCUT2D eigenvalue weighted by Gasteiger charge is -2.27. The van der Waals surface area contributed by atoms with E-state index in [1.165, 1.54) is 0 Å². The molecule has 1 amide bonds. The quantitative estimate of drug-likeness (QED) is 0.251. The zero-order valence-electron chi connectivity index (χ0n) is 20.5. The van der Waals surface area contributed by atoms with Crippen molar-refractivity contribution >= 4 is 28.8 Å². The van der Waals surface area contributed by atoms with Gasteiger partial charge in [0, 0.05) is 30.4 Å². The average molecular weight is 491 g/mol. The Hall–Kier alpha value is -4.00. The molecule has 5 nitrogen and oxygen atoms in total. The highest BCUT2D eigenvalue weighted by atomic mass is 19.1. The number of hydrogen-bond acceptors (Lipinski definition) is 4. The first-order valence-corrected chi connectivity index (χ1v) is 12.0. The minimum absolute atomic E-state index is 0.177. The van der Waals surface area contributed by atoms with E-state index >= 15 is 0 Å². The molecule has 0 aromatic heterocycles. The van der Waals surface area contributed by atoms with Gasteiger partial charge in [-0.25, -0.2) is 8.78 Å². The number of carbonyl (C=O) groups excluding carboxylic acids is 2. The molecule has 0 spiro atoms. The van der Waals surface area contributed by atoms with Crippen LogP contribution in [0.4, 0.5) is 20.2 Å². The fourth-order valence-corrected chi connectivity index (χ4v) is 4.58. The van der Waals surface area contributed by atoms with E-state index in [2.05, 4.69) is 4.90 Å². The number of hydrogen-bond donors (Lipinski definition) is 1. The van der Waals surface area contributed by atoms with Crippen LogP contribution in [-0.2, 0) is 16.0 Å². The van der Waals surface area contributed by atoms with Crippen LogP contribution in [0.1, 0.15) is 43.5 Å². The first kappa shape index (κ1) is 25.1. The molecule has 186 valence electrons. The molecular weight excluding hydrogens is 462 g/mol. The Morgan fingerprint density at radius 2 is 1.56 bits per heavy atom. The molecule has 1 N–H and O–H groups in total. The van der Waals surface area contributed by atoms with Crippen LogP contribution in [0.3, 0.4) is 0 Å². The summed E-state index contributed by atoms with van der Waals surface area (Å²) in [4.78, 5) is 29.5. The van der Waals surface area contributed by atoms with Crippen LogP contribution in [0.5, 0.6) is 0 Å². The van der Waals surface area contributed by atoms with Crippen molar-refractivity contribution in [3.63, 3.8) is 0 Å². The van der Waals surface area contributed by atoms with Crippen molar-refractivity contribution < 1.29 is 23.5 Å². The van der Waals surface area contributed by atoms with Gasteiger partial charge in [-0.05, 0) is 55.7 Å². The van der Waals surface area contributed by atoms with E-state index in [4.69, 9.17) is 0 Å². The largest absolute Gasteiger partial charge is 0.507 e. The molecule has 3 aromatic carbocycles. The number of amides is 1. The molecule has 7 heteroatoms. The lowest BCUT2D eigenvalue weighted by Crippen LogP contribution is -2.30. The second-order valence-corrected chi connectivity index (χ2v) is 8.58. The van der Waals surface area contributed by atoms with Gasteiger partial charge in [0.15, 0.2) is 0 Å². The molecule has 1 saturated heterocycles. The van der Waals surface area contributed by atoms with Gasteiger partial charge in [0.1, 0.15) is 17.4 Å². The van der Waals surface area contributed by atoms with E-state index in [0.717, 1.165) is 53.9 Å². The number of anilines is 2. The van der Waals surface area contributed by atoms with Crippen molar-refractivity contribution in [2.75, 3.05) is 22.9 Å². The van der Waals surface area contributed by atoms with E-state index in [-0.39, 0.29) is 17.0 Å². The molecule has 0 bridgehead atoms. The van der Waals surface area contributed by atoms with Crippen LogP contribution in [0.15, 0.2) is 72.3 Å². The zero-order chi connectivity index (χ0) is 26.0. The summed E-state index contributed by atoms with van der Waals surface area (Å²) in [6.45, 7) is 7.63. The van der Waals surface area contributed by atoms with Gasteiger partial charge in [0.05, 0.1) is 17.3 Å². The smallest absolute Gasteiger partial charge is 0.300 e. The Balaban J connectivity index is 1.91. The maximum Gasteiger partial charge on any atom is 0.300 e. The average Bonchev–Trinajstić information content (AvgIpc) is 3.16. The second kappa shape index (κ2) is 10.3. The van der Waals surface area contributed by atoms with Gasteiger partial charge in [0.2, 0.25) is 0 Å². The molecule has 3 aromatic rings. The Labute approximate surface area is 209 Å². The standard InChI is InChI=1S/C29H28F2N2O3/c1-4-18-7-9-20(10-8-18)27(34)25-26(19-11-14-22(15-12-19)32(5-2)6-3)33(29(36)28(25)35)24-17-21(30)13-16-23(24)31/h7-17,26,34H,4-6H2,1-3H3/b27-25+. The zero-order valence-corrected chi connectivity index (χ0v) is 20.5. The van der Waals surface area contributed by atoms with Crippen LogP contribution in [0.25, 0.3) is 5.76 Å². The van der Waals surface area contributed by atoms with Gasteiger partial charge in [-0.1, -0.05) is 43.3 Å². The number of halogens is 2. The van der Waals surface area contributed by atoms with Crippen molar-refractivity contribution in [2.24, 2.45) is 0 Å². The molecule has 0 saturated carbocycles. The van der Waals surface area contributed by atoms with Crippen LogP contribution in [0, 0.1) is 11.6 Å². The van der Waals surface area contributed by atoms with Gasteiger partial charge in [-0.2, -0.15) is 0 Å². The lowest BCUT2D eigenvalue weighted by molar-refractivity contribution is -0.132. The Bertz CT molecular complexity index is 1310. The van der Waals surface area contributed by atoms with Gasteiger partial charge in [-0.3, -0.25) is 14.5 Å². The Morgan fingerprint density at radius 1 is 0.917 bits per heavy atom. The number of ketones is 1. The summed E-state index contributed by atoms with van der Waals surface area (Å²) in [5, 5.41) is 11.2. The van der Waals surface area contributed by atoms with Crippen molar-refractivity contribution in [3.05, 3.63) is 101 Å². The third kappa shape index (κ3) is 4.49. The molecule has 1 atom stereocenters. The first-order chi connectivity index (χ1) is 17.3. The van der Waals surface area contributed by atoms with E-state index < -0.39 is 29.4 Å². The molecule has 0 aliphatic carbocycles.